The van der Waals surface area contributed by atoms with E-state index >= 15 is 0 Å². The molecule has 0 radical (unpaired) electrons. The van der Waals surface area contributed by atoms with E-state index in [1.165, 1.54) is 31.4 Å². The minimum atomic E-state index is -4.65. The summed E-state index contributed by atoms with van der Waals surface area (Å²) in [5.41, 5.74) is 3.65. The number of carbonyl (C=O) groups excluding carboxylic acids is 2. The monoisotopic (exact) mass is 446 g/mol. The molecule has 2 aromatic rings. The molecule has 0 aromatic heterocycles. The highest BCUT2D eigenvalue weighted by Gasteiger charge is 2.34. The standard InChI is InChI=1S/C19H18ClF3N2O5/c1-29-15-7-10(6-13(20)17(15)30-9-16(24)27)18(28)25-8-14(26)11-4-2-3-5-12(11)19(21,22)23/h2-7,14,26H,8-9H2,1H3,(H2,24,27)(H,25,28). The van der Waals surface area contributed by atoms with Crippen LogP contribution in [0.5, 0.6) is 11.5 Å². The summed E-state index contributed by atoms with van der Waals surface area (Å²) in [4.78, 5) is 23.3. The van der Waals surface area contributed by atoms with E-state index in [1.54, 1.807) is 0 Å². The topological polar surface area (TPSA) is 111 Å². The van der Waals surface area contributed by atoms with Crippen molar-refractivity contribution in [3.8, 4) is 11.5 Å². The average molecular weight is 447 g/mol. The van der Waals surface area contributed by atoms with Gasteiger partial charge in [0.05, 0.1) is 23.8 Å². The number of nitrogens with one attached hydrogen (secondary N) is 1. The zero-order chi connectivity index (χ0) is 22.5. The van der Waals surface area contributed by atoms with Crippen molar-refractivity contribution in [3.63, 3.8) is 0 Å². The second kappa shape index (κ2) is 9.68. The number of amides is 2. The summed E-state index contributed by atoms with van der Waals surface area (Å²) in [7, 11) is 1.28. The van der Waals surface area contributed by atoms with E-state index in [4.69, 9.17) is 26.8 Å². The van der Waals surface area contributed by atoms with Crippen LogP contribution in [-0.4, -0.2) is 37.2 Å². The Morgan fingerprint density at radius 2 is 1.93 bits per heavy atom. The fraction of sp³-hybridized carbons (Fsp3) is 0.263. The van der Waals surface area contributed by atoms with E-state index in [9.17, 15) is 27.9 Å². The summed E-state index contributed by atoms with van der Waals surface area (Å²) in [6.45, 7) is -0.946. The fourth-order valence-corrected chi connectivity index (χ4v) is 2.85. The predicted molar refractivity (Wildman–Crippen MR) is 101 cm³/mol. The van der Waals surface area contributed by atoms with Crippen molar-refractivity contribution in [3.05, 3.63) is 58.1 Å². The first kappa shape index (κ1) is 23.3. The van der Waals surface area contributed by atoms with Gasteiger partial charge in [-0.25, -0.2) is 0 Å². The highest BCUT2D eigenvalue weighted by molar-refractivity contribution is 6.32. The molecular weight excluding hydrogens is 429 g/mol. The highest BCUT2D eigenvalue weighted by atomic mass is 35.5. The van der Waals surface area contributed by atoms with Crippen LogP contribution in [0.1, 0.15) is 27.6 Å². The summed E-state index contributed by atoms with van der Waals surface area (Å²) in [5, 5.41) is 12.4. The van der Waals surface area contributed by atoms with Gasteiger partial charge in [-0.1, -0.05) is 29.8 Å². The van der Waals surface area contributed by atoms with Gasteiger partial charge in [0.1, 0.15) is 0 Å². The lowest BCUT2D eigenvalue weighted by Crippen LogP contribution is -2.29. The van der Waals surface area contributed by atoms with Crippen LogP contribution in [0.2, 0.25) is 5.02 Å². The Labute approximate surface area is 174 Å². The number of primary amides is 1. The van der Waals surface area contributed by atoms with Crippen molar-refractivity contribution >= 4 is 23.4 Å². The van der Waals surface area contributed by atoms with Crippen LogP contribution in [0, 0.1) is 0 Å². The first-order valence-electron chi connectivity index (χ1n) is 8.45. The molecule has 11 heteroatoms. The van der Waals surface area contributed by atoms with Crippen LogP contribution < -0.4 is 20.5 Å². The Morgan fingerprint density at radius 3 is 2.53 bits per heavy atom. The minimum Gasteiger partial charge on any atom is -0.493 e. The Hall–Kier alpha value is -2.98. The van der Waals surface area contributed by atoms with Crippen molar-refractivity contribution in [2.45, 2.75) is 12.3 Å². The summed E-state index contributed by atoms with van der Waals surface area (Å²) < 4.78 is 49.5. The Kier molecular flexibility index (Phi) is 7.52. The number of carbonyl (C=O) groups is 2. The summed E-state index contributed by atoms with van der Waals surface area (Å²) >= 11 is 6.06. The van der Waals surface area contributed by atoms with Gasteiger partial charge in [0.15, 0.2) is 18.1 Å². The van der Waals surface area contributed by atoms with Gasteiger partial charge in [-0.2, -0.15) is 13.2 Å². The lowest BCUT2D eigenvalue weighted by Gasteiger charge is -2.18. The van der Waals surface area contributed by atoms with Crippen LogP contribution in [0.4, 0.5) is 13.2 Å². The molecule has 0 saturated heterocycles. The first-order chi connectivity index (χ1) is 14.0. The van der Waals surface area contributed by atoms with E-state index in [2.05, 4.69) is 5.32 Å². The van der Waals surface area contributed by atoms with Crippen molar-refractivity contribution in [2.24, 2.45) is 5.73 Å². The largest absolute Gasteiger partial charge is 0.493 e. The molecule has 2 rings (SSSR count). The molecule has 30 heavy (non-hydrogen) atoms. The number of nitrogens with two attached hydrogens (primary N) is 1. The second-order valence-corrected chi connectivity index (χ2v) is 6.46. The molecule has 0 spiro atoms. The van der Waals surface area contributed by atoms with Gasteiger partial charge in [0.25, 0.3) is 11.8 Å². The molecule has 2 aromatic carbocycles. The van der Waals surface area contributed by atoms with Crippen LogP contribution in [0.15, 0.2) is 36.4 Å². The van der Waals surface area contributed by atoms with E-state index < -0.39 is 42.8 Å². The Balaban J connectivity index is 2.15. The molecule has 0 aliphatic heterocycles. The third-order valence-electron chi connectivity index (χ3n) is 3.93. The number of methoxy groups -OCH3 is 1. The van der Waals surface area contributed by atoms with Crippen LogP contribution >= 0.6 is 11.6 Å². The molecule has 0 aliphatic carbocycles. The molecule has 0 fully saturated rings. The molecule has 1 atom stereocenters. The SMILES string of the molecule is COc1cc(C(=O)NCC(O)c2ccccc2C(F)(F)F)cc(Cl)c1OCC(N)=O. The zero-order valence-electron chi connectivity index (χ0n) is 15.6. The van der Waals surface area contributed by atoms with Crippen molar-refractivity contribution in [1.82, 2.24) is 5.32 Å². The van der Waals surface area contributed by atoms with Crippen molar-refractivity contribution in [2.75, 3.05) is 20.3 Å². The Bertz CT molecular complexity index is 937. The highest BCUT2D eigenvalue weighted by Crippen LogP contribution is 2.37. The molecule has 7 nitrogen and oxygen atoms in total. The number of halogens is 4. The molecule has 2 amide bonds. The number of aliphatic hydroxyl groups is 1. The smallest absolute Gasteiger partial charge is 0.416 e. The summed E-state index contributed by atoms with van der Waals surface area (Å²) in [5.74, 6) is -1.44. The molecule has 0 heterocycles. The number of rotatable bonds is 8. The van der Waals surface area contributed by atoms with Crippen LogP contribution in [0.25, 0.3) is 0 Å². The number of hydrogen-bond acceptors (Lipinski definition) is 5. The number of ether oxygens (including phenoxy) is 2. The maximum Gasteiger partial charge on any atom is 0.416 e. The van der Waals surface area contributed by atoms with Crippen molar-refractivity contribution < 1.29 is 37.3 Å². The van der Waals surface area contributed by atoms with Gasteiger partial charge < -0.3 is 25.6 Å². The maximum absolute atomic E-state index is 13.1. The van der Waals surface area contributed by atoms with Gasteiger partial charge in [-0.15, -0.1) is 0 Å². The summed E-state index contributed by atoms with van der Waals surface area (Å²) in [6, 6.07) is 7.00. The normalized spacial score (nSPS) is 12.2. The van der Waals surface area contributed by atoms with Gasteiger partial charge in [-0.3, -0.25) is 9.59 Å². The number of alkyl halides is 3. The number of hydrogen-bond donors (Lipinski definition) is 3. The molecule has 0 saturated carbocycles. The quantitative estimate of drug-likeness (QED) is 0.577. The van der Waals surface area contributed by atoms with Gasteiger partial charge in [0, 0.05) is 12.1 Å². The van der Waals surface area contributed by atoms with E-state index in [0.29, 0.717) is 0 Å². The number of aliphatic hydroxyl groups excluding tert-OH is 1. The maximum atomic E-state index is 13.1. The molecule has 162 valence electrons. The van der Waals surface area contributed by atoms with Crippen LogP contribution in [0.3, 0.4) is 0 Å². The molecular formula is C19H18ClF3N2O5. The van der Waals surface area contributed by atoms with E-state index in [-0.39, 0.29) is 27.6 Å². The third-order valence-corrected chi connectivity index (χ3v) is 4.21. The minimum absolute atomic E-state index is 0.000387. The molecule has 1 unspecified atom stereocenters. The lowest BCUT2D eigenvalue weighted by atomic mass is 10.0. The van der Waals surface area contributed by atoms with E-state index in [1.807, 2.05) is 0 Å². The van der Waals surface area contributed by atoms with Gasteiger partial charge >= 0.3 is 6.18 Å². The second-order valence-electron chi connectivity index (χ2n) is 6.06. The van der Waals surface area contributed by atoms with Crippen molar-refractivity contribution in [1.29, 1.82) is 0 Å². The molecule has 4 N–H and O–H groups in total. The summed E-state index contributed by atoms with van der Waals surface area (Å²) in [6.07, 6.45) is -6.24. The van der Waals surface area contributed by atoms with Gasteiger partial charge in [-0.05, 0) is 23.8 Å². The average Bonchev–Trinajstić information content (AvgIpc) is 2.69. The zero-order valence-corrected chi connectivity index (χ0v) is 16.4. The first-order valence-corrected chi connectivity index (χ1v) is 8.83. The lowest BCUT2D eigenvalue weighted by molar-refractivity contribution is -0.139. The van der Waals surface area contributed by atoms with Crippen LogP contribution in [-0.2, 0) is 11.0 Å². The Morgan fingerprint density at radius 1 is 1.27 bits per heavy atom. The number of benzene rings is 2. The third kappa shape index (κ3) is 5.77. The molecule has 0 bridgehead atoms. The predicted octanol–water partition coefficient (Wildman–Crippen LogP) is 2.69. The van der Waals surface area contributed by atoms with Gasteiger partial charge in [0.2, 0.25) is 0 Å². The van der Waals surface area contributed by atoms with E-state index in [0.717, 1.165) is 12.1 Å². The molecule has 0 aliphatic rings. The fourth-order valence-electron chi connectivity index (χ4n) is 2.58.